The zero-order chi connectivity index (χ0) is 11.6. The van der Waals surface area contributed by atoms with E-state index in [2.05, 4.69) is 6.92 Å². The van der Waals surface area contributed by atoms with E-state index in [1.807, 2.05) is 20.8 Å². The Morgan fingerprint density at radius 1 is 1.53 bits per heavy atom. The van der Waals surface area contributed by atoms with Crippen LogP contribution in [0.5, 0.6) is 0 Å². The fraction of sp³-hybridized carbons (Fsp3) is 0.909. The van der Waals surface area contributed by atoms with Gasteiger partial charge in [-0.05, 0) is 33.1 Å². The molecule has 0 bridgehead atoms. The summed E-state index contributed by atoms with van der Waals surface area (Å²) in [5.74, 6) is 0.419. The van der Waals surface area contributed by atoms with Crippen LogP contribution in [0.3, 0.4) is 0 Å². The molecule has 0 spiro atoms. The number of amides is 1. The summed E-state index contributed by atoms with van der Waals surface area (Å²) >= 11 is 0. The lowest BCUT2D eigenvalue weighted by atomic mass is 9.87. The Bertz CT molecular complexity index is 234. The van der Waals surface area contributed by atoms with Gasteiger partial charge in [0.15, 0.2) is 0 Å². The molecule has 1 aliphatic rings. The number of aliphatic hydroxyl groups is 1. The highest BCUT2D eigenvalue weighted by molar-refractivity contribution is 5.69. The Labute approximate surface area is 91.2 Å². The molecule has 0 aromatic carbocycles. The Kier molecular flexibility index (Phi) is 3.60. The summed E-state index contributed by atoms with van der Waals surface area (Å²) in [4.78, 5) is 13.3. The summed E-state index contributed by atoms with van der Waals surface area (Å²) in [6, 6.07) is -0.0511. The fourth-order valence-electron chi connectivity index (χ4n) is 1.81. The second-order valence-electron chi connectivity index (χ2n) is 5.05. The van der Waals surface area contributed by atoms with Gasteiger partial charge in [0.25, 0.3) is 0 Å². The molecule has 0 unspecified atom stereocenters. The van der Waals surface area contributed by atoms with Gasteiger partial charge in [0.05, 0.1) is 12.6 Å². The molecule has 2 atom stereocenters. The lowest BCUT2D eigenvalue weighted by Gasteiger charge is -2.46. The molecule has 15 heavy (non-hydrogen) atoms. The standard InChI is InChI=1S/C11H21NO3/c1-5-8-6-12(9(8)7-13)10(14)15-11(2,3)4/h8-9,13H,5-7H2,1-4H3/t8-,9-/m1/s1. The number of carbonyl (C=O) groups excluding carboxylic acids is 1. The molecule has 1 rings (SSSR count). The second kappa shape index (κ2) is 4.39. The van der Waals surface area contributed by atoms with Crippen LogP contribution in [0.2, 0.25) is 0 Å². The molecule has 1 amide bonds. The molecule has 1 N–H and O–H groups in total. The maximum atomic E-state index is 11.7. The minimum Gasteiger partial charge on any atom is -0.444 e. The van der Waals surface area contributed by atoms with Gasteiger partial charge < -0.3 is 14.7 Å². The largest absolute Gasteiger partial charge is 0.444 e. The van der Waals surface area contributed by atoms with Crippen LogP contribution < -0.4 is 0 Å². The molecular weight excluding hydrogens is 194 g/mol. The van der Waals surface area contributed by atoms with E-state index in [9.17, 15) is 4.79 Å². The van der Waals surface area contributed by atoms with Gasteiger partial charge in [0.2, 0.25) is 0 Å². The third-order valence-corrected chi connectivity index (χ3v) is 2.72. The SMILES string of the molecule is CC[C@@H]1CN(C(=O)OC(C)(C)C)[C@@H]1CO. The molecule has 1 aliphatic heterocycles. The Morgan fingerprint density at radius 3 is 2.53 bits per heavy atom. The number of hydrogen-bond donors (Lipinski definition) is 1. The van der Waals surface area contributed by atoms with Gasteiger partial charge in [0, 0.05) is 6.54 Å². The van der Waals surface area contributed by atoms with E-state index in [-0.39, 0.29) is 18.7 Å². The van der Waals surface area contributed by atoms with Gasteiger partial charge in [-0.2, -0.15) is 0 Å². The minimum absolute atomic E-state index is 0.0255. The van der Waals surface area contributed by atoms with Crippen molar-refractivity contribution in [1.82, 2.24) is 4.90 Å². The van der Waals surface area contributed by atoms with Crippen LogP contribution in [0.25, 0.3) is 0 Å². The van der Waals surface area contributed by atoms with Crippen molar-refractivity contribution in [3.05, 3.63) is 0 Å². The maximum absolute atomic E-state index is 11.7. The molecule has 1 heterocycles. The van der Waals surface area contributed by atoms with Crippen LogP contribution in [0.15, 0.2) is 0 Å². The van der Waals surface area contributed by atoms with Crippen molar-refractivity contribution in [2.45, 2.75) is 45.8 Å². The van der Waals surface area contributed by atoms with Crippen LogP contribution in [0.4, 0.5) is 4.79 Å². The summed E-state index contributed by atoms with van der Waals surface area (Å²) in [5, 5.41) is 9.16. The van der Waals surface area contributed by atoms with Crippen molar-refractivity contribution in [2.75, 3.05) is 13.2 Å². The maximum Gasteiger partial charge on any atom is 0.410 e. The van der Waals surface area contributed by atoms with Crippen LogP contribution >= 0.6 is 0 Å². The third-order valence-electron chi connectivity index (χ3n) is 2.72. The summed E-state index contributed by atoms with van der Waals surface area (Å²) in [6.45, 7) is 8.33. The van der Waals surface area contributed by atoms with Crippen molar-refractivity contribution in [2.24, 2.45) is 5.92 Å². The van der Waals surface area contributed by atoms with Crippen molar-refractivity contribution >= 4 is 6.09 Å². The van der Waals surface area contributed by atoms with E-state index in [0.29, 0.717) is 12.5 Å². The lowest BCUT2D eigenvalue weighted by Crippen LogP contribution is -2.60. The van der Waals surface area contributed by atoms with E-state index in [1.54, 1.807) is 4.90 Å². The number of hydrogen-bond acceptors (Lipinski definition) is 3. The number of rotatable bonds is 2. The van der Waals surface area contributed by atoms with Gasteiger partial charge in [0.1, 0.15) is 5.60 Å². The molecule has 0 aromatic heterocycles. The highest BCUT2D eigenvalue weighted by Crippen LogP contribution is 2.28. The molecule has 4 nitrogen and oxygen atoms in total. The Hall–Kier alpha value is -0.770. The van der Waals surface area contributed by atoms with Gasteiger partial charge in [-0.15, -0.1) is 0 Å². The average molecular weight is 215 g/mol. The molecule has 88 valence electrons. The molecule has 0 aromatic rings. The van der Waals surface area contributed by atoms with Crippen LogP contribution in [-0.2, 0) is 4.74 Å². The third kappa shape index (κ3) is 2.84. The molecule has 0 saturated carbocycles. The van der Waals surface area contributed by atoms with Crippen LogP contribution in [0.1, 0.15) is 34.1 Å². The summed E-state index contributed by atoms with van der Waals surface area (Å²) in [6.07, 6.45) is 0.677. The molecule has 4 heteroatoms. The summed E-state index contributed by atoms with van der Waals surface area (Å²) < 4.78 is 5.24. The highest BCUT2D eigenvalue weighted by Gasteiger charge is 2.41. The first-order valence-electron chi connectivity index (χ1n) is 5.49. The Morgan fingerprint density at radius 2 is 2.13 bits per heavy atom. The quantitative estimate of drug-likeness (QED) is 0.761. The number of ether oxygens (including phenoxy) is 1. The number of nitrogens with zero attached hydrogens (tertiary/aromatic N) is 1. The summed E-state index contributed by atoms with van der Waals surface area (Å²) in [7, 11) is 0. The topological polar surface area (TPSA) is 49.8 Å². The molecule has 0 aliphatic carbocycles. The van der Waals surface area contributed by atoms with Crippen molar-refractivity contribution < 1.29 is 14.6 Å². The number of likely N-dealkylation sites (tertiary alicyclic amines) is 1. The van der Waals surface area contributed by atoms with Crippen LogP contribution in [-0.4, -0.2) is 40.9 Å². The van der Waals surface area contributed by atoms with Gasteiger partial charge >= 0.3 is 6.09 Å². The van der Waals surface area contributed by atoms with E-state index in [1.165, 1.54) is 0 Å². The van der Waals surface area contributed by atoms with Gasteiger partial charge in [-0.1, -0.05) is 6.92 Å². The van der Waals surface area contributed by atoms with Gasteiger partial charge in [-0.25, -0.2) is 4.79 Å². The lowest BCUT2D eigenvalue weighted by molar-refractivity contribution is -0.0464. The zero-order valence-corrected chi connectivity index (χ0v) is 9.99. The zero-order valence-electron chi connectivity index (χ0n) is 9.99. The number of carbonyl (C=O) groups is 1. The van der Waals surface area contributed by atoms with Crippen molar-refractivity contribution in [3.8, 4) is 0 Å². The molecule has 0 radical (unpaired) electrons. The molecule has 1 saturated heterocycles. The first-order chi connectivity index (χ1) is 6.89. The Balaban J connectivity index is 2.49. The highest BCUT2D eigenvalue weighted by atomic mass is 16.6. The predicted octanol–water partition coefficient (Wildman–Crippen LogP) is 1.62. The van der Waals surface area contributed by atoms with E-state index >= 15 is 0 Å². The molecular formula is C11H21NO3. The molecule has 1 fully saturated rings. The summed E-state index contributed by atoms with van der Waals surface area (Å²) in [5.41, 5.74) is -0.464. The van der Waals surface area contributed by atoms with E-state index < -0.39 is 5.60 Å². The van der Waals surface area contributed by atoms with E-state index in [0.717, 1.165) is 6.42 Å². The first kappa shape index (κ1) is 12.3. The van der Waals surface area contributed by atoms with Crippen LogP contribution in [0, 0.1) is 5.92 Å². The fourth-order valence-corrected chi connectivity index (χ4v) is 1.81. The van der Waals surface area contributed by atoms with Crippen molar-refractivity contribution in [1.29, 1.82) is 0 Å². The first-order valence-corrected chi connectivity index (χ1v) is 5.49. The monoisotopic (exact) mass is 215 g/mol. The second-order valence-corrected chi connectivity index (χ2v) is 5.05. The van der Waals surface area contributed by atoms with E-state index in [4.69, 9.17) is 9.84 Å². The normalized spacial score (nSPS) is 26.1. The minimum atomic E-state index is -0.464. The average Bonchev–Trinajstić information content (AvgIpc) is 2.00. The number of aliphatic hydroxyl groups excluding tert-OH is 1. The van der Waals surface area contributed by atoms with Crippen molar-refractivity contribution in [3.63, 3.8) is 0 Å². The smallest absolute Gasteiger partial charge is 0.410 e. The van der Waals surface area contributed by atoms with Gasteiger partial charge in [-0.3, -0.25) is 0 Å². The predicted molar refractivity (Wildman–Crippen MR) is 57.6 cm³/mol.